The highest BCUT2D eigenvalue weighted by atomic mass is 35.5. The number of pyridine rings is 2. The van der Waals surface area contributed by atoms with E-state index in [1.165, 1.54) is 17.4 Å². The Labute approximate surface area is 220 Å². The molecule has 0 aliphatic heterocycles. The molecule has 0 saturated carbocycles. The maximum absolute atomic E-state index is 12.4. The van der Waals surface area contributed by atoms with Crippen molar-refractivity contribution < 1.29 is 9.53 Å². The molecule has 0 saturated heterocycles. The molecule has 0 atom stereocenters. The molecule has 1 N–H and O–H groups in total. The molecule has 0 unspecified atom stereocenters. The van der Waals surface area contributed by atoms with E-state index >= 15 is 0 Å². The van der Waals surface area contributed by atoms with Crippen molar-refractivity contribution in [1.82, 2.24) is 29.9 Å². The van der Waals surface area contributed by atoms with Gasteiger partial charge in [-0.2, -0.15) is 0 Å². The van der Waals surface area contributed by atoms with Crippen LogP contribution in [0.15, 0.2) is 90.2 Å². The van der Waals surface area contributed by atoms with Gasteiger partial charge >= 0.3 is 0 Å². The summed E-state index contributed by atoms with van der Waals surface area (Å²) in [6.45, 7) is 0.606. The maximum Gasteiger partial charge on any atom is 0.261 e. The van der Waals surface area contributed by atoms with E-state index < -0.39 is 0 Å². The summed E-state index contributed by atoms with van der Waals surface area (Å²) in [4.78, 5) is 29.3. The summed E-state index contributed by atoms with van der Waals surface area (Å²) >= 11 is 7.13. The number of nitrogens with zero attached hydrogens (tertiary/aromatic N) is 5. The number of carbonyl (C=O) groups excluding carboxylic acids is 1. The number of thiophene rings is 1. The largest absolute Gasteiger partial charge is 0.491 e. The number of halogens is 1. The third-order valence-corrected chi connectivity index (χ3v) is 6.69. The van der Waals surface area contributed by atoms with Gasteiger partial charge in [0, 0.05) is 37.1 Å². The Morgan fingerprint density at radius 3 is 2.73 bits per heavy atom. The molecule has 4 aromatic heterocycles. The van der Waals surface area contributed by atoms with Crippen LogP contribution in [0.4, 0.5) is 0 Å². The first kappa shape index (κ1) is 24.4. The third kappa shape index (κ3) is 5.93. The fourth-order valence-electron chi connectivity index (χ4n) is 3.62. The number of ether oxygens (including phenoxy) is 1. The van der Waals surface area contributed by atoms with Crippen LogP contribution in [0.25, 0.3) is 11.4 Å². The lowest BCUT2D eigenvalue weighted by Crippen LogP contribution is -2.21. The normalized spacial score (nSPS) is 10.8. The van der Waals surface area contributed by atoms with Crippen molar-refractivity contribution >= 4 is 28.8 Å². The summed E-state index contributed by atoms with van der Waals surface area (Å²) in [5.74, 6) is 0.306. The number of nitrogens with one attached hydrogen (secondary N) is 1. The van der Waals surface area contributed by atoms with Crippen molar-refractivity contribution in [2.24, 2.45) is 0 Å². The maximum atomic E-state index is 12.4. The van der Waals surface area contributed by atoms with Gasteiger partial charge < -0.3 is 10.1 Å². The molecular formula is C26H21ClN6O3S. The Balaban J connectivity index is 1.37. The van der Waals surface area contributed by atoms with E-state index in [0.717, 1.165) is 5.56 Å². The SMILES string of the molecule is O=C(NCc1cn(-c2ccc(-n3ccccc3=O)cc2OCCc2ccncc2)nn1)c1ccc(Cl)s1. The average Bonchev–Trinajstić information content (AvgIpc) is 3.57. The molecule has 4 heterocycles. The zero-order valence-electron chi connectivity index (χ0n) is 19.5. The summed E-state index contributed by atoms with van der Waals surface area (Å²) < 4.78 is 9.84. The van der Waals surface area contributed by atoms with E-state index in [0.29, 0.717) is 45.1 Å². The van der Waals surface area contributed by atoms with Gasteiger partial charge in [0.2, 0.25) is 0 Å². The van der Waals surface area contributed by atoms with Crippen LogP contribution in [0.1, 0.15) is 20.9 Å². The first-order valence-electron chi connectivity index (χ1n) is 11.4. The molecule has 5 rings (SSSR count). The van der Waals surface area contributed by atoms with Crippen LogP contribution in [0.3, 0.4) is 0 Å². The number of rotatable bonds is 9. The zero-order chi connectivity index (χ0) is 25.6. The highest BCUT2D eigenvalue weighted by Gasteiger charge is 2.14. The predicted octanol–water partition coefficient (Wildman–Crippen LogP) is 4.08. The van der Waals surface area contributed by atoms with Crippen LogP contribution in [-0.4, -0.2) is 37.1 Å². The monoisotopic (exact) mass is 532 g/mol. The Hall–Kier alpha value is -4.28. The van der Waals surface area contributed by atoms with Crippen molar-refractivity contribution in [3.63, 3.8) is 0 Å². The van der Waals surface area contributed by atoms with Gasteiger partial charge in [0.25, 0.3) is 11.5 Å². The highest BCUT2D eigenvalue weighted by molar-refractivity contribution is 7.17. The highest BCUT2D eigenvalue weighted by Crippen LogP contribution is 2.26. The summed E-state index contributed by atoms with van der Waals surface area (Å²) in [5.41, 5.74) is 2.83. The Morgan fingerprint density at radius 1 is 1.08 bits per heavy atom. The van der Waals surface area contributed by atoms with Crippen molar-refractivity contribution in [3.05, 3.63) is 116 Å². The summed E-state index contributed by atoms with van der Waals surface area (Å²) in [7, 11) is 0. The van der Waals surface area contributed by atoms with E-state index in [4.69, 9.17) is 16.3 Å². The van der Waals surface area contributed by atoms with Gasteiger partial charge in [-0.05, 0) is 48.0 Å². The molecule has 0 fully saturated rings. The zero-order valence-corrected chi connectivity index (χ0v) is 21.0. The fraction of sp³-hybridized carbons (Fsp3) is 0.115. The van der Waals surface area contributed by atoms with Gasteiger partial charge in [0.05, 0.1) is 34.2 Å². The number of benzene rings is 1. The van der Waals surface area contributed by atoms with Crippen LogP contribution in [0.2, 0.25) is 4.34 Å². The molecule has 9 nitrogen and oxygen atoms in total. The number of amides is 1. The third-order valence-electron chi connectivity index (χ3n) is 5.46. The molecule has 0 aliphatic rings. The Bertz CT molecular complexity index is 1580. The first-order valence-corrected chi connectivity index (χ1v) is 12.6. The van der Waals surface area contributed by atoms with Crippen molar-refractivity contribution in [2.45, 2.75) is 13.0 Å². The number of aromatic nitrogens is 5. The quantitative estimate of drug-likeness (QED) is 0.307. The smallest absolute Gasteiger partial charge is 0.261 e. The van der Waals surface area contributed by atoms with Crippen LogP contribution >= 0.6 is 22.9 Å². The number of carbonyl (C=O) groups is 1. The summed E-state index contributed by atoms with van der Waals surface area (Å²) in [5, 5.41) is 11.2. The second-order valence-electron chi connectivity index (χ2n) is 7.96. The summed E-state index contributed by atoms with van der Waals surface area (Å²) in [6.07, 6.45) is 7.59. The van der Waals surface area contributed by atoms with Gasteiger partial charge in [0.1, 0.15) is 17.1 Å². The van der Waals surface area contributed by atoms with E-state index in [1.54, 1.807) is 64.4 Å². The topological polar surface area (TPSA) is 104 Å². The molecule has 5 aromatic rings. The second kappa shape index (κ2) is 11.2. The fourth-order valence-corrected chi connectivity index (χ4v) is 4.58. The van der Waals surface area contributed by atoms with E-state index in [-0.39, 0.29) is 18.0 Å². The molecule has 1 aromatic carbocycles. The van der Waals surface area contributed by atoms with Crippen molar-refractivity contribution in [2.75, 3.05) is 6.61 Å². The Morgan fingerprint density at radius 2 is 1.95 bits per heavy atom. The molecule has 37 heavy (non-hydrogen) atoms. The predicted molar refractivity (Wildman–Crippen MR) is 141 cm³/mol. The van der Waals surface area contributed by atoms with Gasteiger partial charge in [0.15, 0.2) is 0 Å². The van der Waals surface area contributed by atoms with Gasteiger partial charge in [-0.25, -0.2) is 4.68 Å². The molecule has 0 radical (unpaired) electrons. The van der Waals surface area contributed by atoms with E-state index in [1.807, 2.05) is 24.3 Å². The van der Waals surface area contributed by atoms with Crippen LogP contribution in [0.5, 0.6) is 5.75 Å². The molecule has 0 spiro atoms. The standard InChI is InChI=1S/C26H21ClN6O3S/c27-24-7-6-23(37-24)26(35)29-16-19-17-33(31-30-19)21-5-4-20(32-13-2-1-3-25(32)34)15-22(21)36-14-10-18-8-11-28-12-9-18/h1-9,11-13,15,17H,10,14,16H2,(H,29,35). The lowest BCUT2D eigenvalue weighted by atomic mass is 10.2. The minimum Gasteiger partial charge on any atom is -0.491 e. The average molecular weight is 533 g/mol. The van der Waals surface area contributed by atoms with Gasteiger partial charge in [-0.1, -0.05) is 22.9 Å². The number of hydrogen-bond acceptors (Lipinski definition) is 7. The minimum atomic E-state index is -0.232. The first-order chi connectivity index (χ1) is 18.1. The van der Waals surface area contributed by atoms with Gasteiger partial charge in [-0.15, -0.1) is 16.4 Å². The molecule has 0 aliphatic carbocycles. The van der Waals surface area contributed by atoms with E-state index in [9.17, 15) is 9.59 Å². The lowest BCUT2D eigenvalue weighted by Gasteiger charge is -2.14. The van der Waals surface area contributed by atoms with Crippen LogP contribution in [-0.2, 0) is 13.0 Å². The molecule has 11 heteroatoms. The lowest BCUT2D eigenvalue weighted by molar-refractivity contribution is 0.0954. The van der Waals surface area contributed by atoms with E-state index in [2.05, 4.69) is 20.6 Å². The van der Waals surface area contributed by atoms with Crippen LogP contribution < -0.4 is 15.6 Å². The van der Waals surface area contributed by atoms with Crippen LogP contribution in [0, 0.1) is 0 Å². The van der Waals surface area contributed by atoms with Gasteiger partial charge in [-0.3, -0.25) is 19.1 Å². The molecule has 1 amide bonds. The Kier molecular flexibility index (Phi) is 7.38. The number of hydrogen-bond donors (Lipinski definition) is 1. The molecule has 0 bridgehead atoms. The second-order valence-corrected chi connectivity index (χ2v) is 9.67. The summed E-state index contributed by atoms with van der Waals surface area (Å²) in [6, 6.07) is 17.7. The molecular weight excluding hydrogens is 512 g/mol. The van der Waals surface area contributed by atoms with Crippen molar-refractivity contribution in [3.8, 4) is 17.1 Å². The molecule has 186 valence electrons. The van der Waals surface area contributed by atoms with Crippen molar-refractivity contribution in [1.29, 1.82) is 0 Å². The minimum absolute atomic E-state index is 0.149.